The van der Waals surface area contributed by atoms with Gasteiger partial charge in [-0.3, -0.25) is 0 Å². The Morgan fingerprint density at radius 1 is 1.23 bits per heavy atom. The molecule has 0 bridgehead atoms. The maximum absolute atomic E-state index is 12.5. The van der Waals surface area contributed by atoms with Gasteiger partial charge in [0.1, 0.15) is 0 Å². The lowest BCUT2D eigenvalue weighted by Gasteiger charge is -2.17. The Labute approximate surface area is 83.1 Å². The highest BCUT2D eigenvalue weighted by molar-refractivity contribution is 9.10. The first-order chi connectivity index (χ1) is 5.81. The molecule has 0 saturated carbocycles. The van der Waals surface area contributed by atoms with Crippen LogP contribution in [0.4, 0.5) is 17.6 Å². The van der Waals surface area contributed by atoms with Crippen molar-refractivity contribution in [2.45, 2.75) is 36.9 Å². The second-order valence-electron chi connectivity index (χ2n) is 2.67. The summed E-state index contributed by atoms with van der Waals surface area (Å²) in [5.74, 6) is -4.11. The van der Waals surface area contributed by atoms with E-state index in [-0.39, 0.29) is 6.08 Å². The summed E-state index contributed by atoms with van der Waals surface area (Å²) in [7, 11) is 0. The Morgan fingerprint density at radius 3 is 2.15 bits per heavy atom. The molecule has 0 aliphatic carbocycles. The summed E-state index contributed by atoms with van der Waals surface area (Å²) >= 11 is 1.63. The van der Waals surface area contributed by atoms with Gasteiger partial charge in [-0.2, -0.15) is 17.6 Å². The first-order valence-corrected chi connectivity index (χ1v) is 4.73. The highest BCUT2D eigenvalue weighted by atomic mass is 79.9. The molecule has 0 spiro atoms. The summed E-state index contributed by atoms with van der Waals surface area (Å²) in [6, 6.07) is 0. The van der Waals surface area contributed by atoms with Gasteiger partial charge < -0.3 is 0 Å². The van der Waals surface area contributed by atoms with Crippen LogP contribution in [0.25, 0.3) is 0 Å². The van der Waals surface area contributed by atoms with Crippen LogP contribution >= 0.6 is 15.9 Å². The Morgan fingerprint density at radius 2 is 1.77 bits per heavy atom. The van der Waals surface area contributed by atoms with E-state index in [9.17, 15) is 17.6 Å². The maximum Gasteiger partial charge on any atom is 0.367 e. The minimum atomic E-state index is -4.16. The zero-order valence-electron chi connectivity index (χ0n) is 7.17. The highest BCUT2D eigenvalue weighted by Gasteiger charge is 2.51. The summed E-state index contributed by atoms with van der Waals surface area (Å²) in [6.45, 7) is 1.89. The van der Waals surface area contributed by atoms with Crippen molar-refractivity contribution in [1.29, 1.82) is 0 Å². The molecule has 0 aromatic rings. The van der Waals surface area contributed by atoms with Crippen LogP contribution in [-0.2, 0) is 0 Å². The Bertz CT molecular complexity index is 171. The van der Waals surface area contributed by atoms with E-state index in [1.54, 1.807) is 15.9 Å². The molecular formula is C8H11BrF4. The topological polar surface area (TPSA) is 0 Å². The number of hydrogen-bond donors (Lipinski definition) is 0. The summed E-state index contributed by atoms with van der Waals surface area (Å²) in [6.07, 6.45) is 3.30. The molecule has 0 unspecified atom stereocenters. The molecule has 0 rings (SSSR count). The highest BCUT2D eigenvalue weighted by Crippen LogP contribution is 2.40. The largest absolute Gasteiger partial charge is 0.367 e. The molecule has 0 aliphatic heterocycles. The lowest BCUT2D eigenvalue weighted by Crippen LogP contribution is -2.32. The molecular weight excluding hydrogens is 252 g/mol. The van der Waals surface area contributed by atoms with Crippen molar-refractivity contribution in [3.8, 4) is 0 Å². The fourth-order valence-electron chi connectivity index (χ4n) is 0.648. The van der Waals surface area contributed by atoms with Crippen LogP contribution in [0.15, 0.2) is 12.2 Å². The predicted octanol–water partition coefficient (Wildman–Crippen LogP) is 4.36. The molecule has 0 heterocycles. The molecule has 0 atom stereocenters. The van der Waals surface area contributed by atoms with Gasteiger partial charge in [0.05, 0.1) is 0 Å². The van der Waals surface area contributed by atoms with E-state index in [1.165, 1.54) is 0 Å². The van der Waals surface area contributed by atoms with E-state index in [2.05, 4.69) is 0 Å². The van der Waals surface area contributed by atoms with Crippen molar-refractivity contribution in [3.05, 3.63) is 12.2 Å². The molecule has 0 aromatic heterocycles. The van der Waals surface area contributed by atoms with Crippen molar-refractivity contribution in [2.75, 3.05) is 0 Å². The number of unbranched alkanes of at least 4 members (excludes halogenated alkanes) is 2. The van der Waals surface area contributed by atoms with Gasteiger partial charge in [0.15, 0.2) is 0 Å². The monoisotopic (exact) mass is 262 g/mol. The minimum absolute atomic E-state index is 0.247. The molecule has 13 heavy (non-hydrogen) atoms. The third kappa shape index (κ3) is 4.64. The molecule has 78 valence electrons. The van der Waals surface area contributed by atoms with E-state index in [4.69, 9.17) is 0 Å². The molecule has 0 saturated heterocycles. The van der Waals surface area contributed by atoms with Crippen molar-refractivity contribution >= 4 is 15.9 Å². The van der Waals surface area contributed by atoms with E-state index in [0.29, 0.717) is 6.42 Å². The summed E-state index contributed by atoms with van der Waals surface area (Å²) in [5, 5.41) is 0. The third-order valence-corrected chi connectivity index (χ3v) is 1.96. The normalized spacial score (nSPS) is 14.0. The number of rotatable bonds is 5. The lowest BCUT2D eigenvalue weighted by atomic mass is 10.2. The van der Waals surface area contributed by atoms with Gasteiger partial charge in [0.2, 0.25) is 0 Å². The SMILES string of the molecule is CCCC/C=C/C(F)(F)C(F)(F)Br. The molecule has 0 aromatic carbocycles. The summed E-state index contributed by atoms with van der Waals surface area (Å²) in [5.41, 5.74) is 0. The number of hydrogen-bond acceptors (Lipinski definition) is 0. The summed E-state index contributed by atoms with van der Waals surface area (Å²) < 4.78 is 49.2. The van der Waals surface area contributed by atoms with Crippen molar-refractivity contribution in [1.82, 2.24) is 0 Å². The fraction of sp³-hybridized carbons (Fsp3) is 0.750. The van der Waals surface area contributed by atoms with Gasteiger partial charge in [-0.25, -0.2) is 0 Å². The maximum atomic E-state index is 12.5. The van der Waals surface area contributed by atoms with Crippen LogP contribution in [0.1, 0.15) is 26.2 Å². The quantitative estimate of drug-likeness (QED) is 0.299. The molecule has 0 nitrogen and oxygen atoms in total. The third-order valence-electron chi connectivity index (χ3n) is 1.43. The Kier molecular flexibility index (Phi) is 4.96. The predicted molar refractivity (Wildman–Crippen MR) is 47.5 cm³/mol. The number of alkyl halides is 5. The van der Waals surface area contributed by atoms with Crippen LogP contribution in [0.3, 0.4) is 0 Å². The van der Waals surface area contributed by atoms with Crippen molar-refractivity contribution in [2.24, 2.45) is 0 Å². The Balaban J connectivity index is 4.09. The summed E-state index contributed by atoms with van der Waals surface area (Å²) in [4.78, 5) is -4.16. The first kappa shape index (κ1) is 12.9. The van der Waals surface area contributed by atoms with Crippen LogP contribution in [-0.4, -0.2) is 10.8 Å². The molecule has 5 heteroatoms. The lowest BCUT2D eigenvalue weighted by molar-refractivity contribution is -0.111. The molecule has 0 aliphatic rings. The molecule has 0 N–H and O–H groups in total. The average molecular weight is 263 g/mol. The van der Waals surface area contributed by atoms with Gasteiger partial charge in [-0.05, 0) is 28.4 Å². The van der Waals surface area contributed by atoms with Gasteiger partial charge in [-0.1, -0.05) is 25.8 Å². The second kappa shape index (κ2) is 4.98. The van der Waals surface area contributed by atoms with E-state index in [0.717, 1.165) is 18.9 Å². The van der Waals surface area contributed by atoms with Crippen LogP contribution in [0.2, 0.25) is 0 Å². The molecule has 0 radical (unpaired) electrons. The van der Waals surface area contributed by atoms with E-state index < -0.39 is 10.8 Å². The van der Waals surface area contributed by atoms with Crippen LogP contribution < -0.4 is 0 Å². The van der Waals surface area contributed by atoms with Gasteiger partial charge in [-0.15, -0.1) is 0 Å². The van der Waals surface area contributed by atoms with E-state index in [1.807, 2.05) is 6.92 Å². The average Bonchev–Trinajstić information content (AvgIpc) is 1.96. The van der Waals surface area contributed by atoms with E-state index >= 15 is 0 Å². The number of halogens is 5. The zero-order valence-corrected chi connectivity index (χ0v) is 8.75. The van der Waals surface area contributed by atoms with Gasteiger partial charge in [0, 0.05) is 0 Å². The Hall–Kier alpha value is -0.0600. The standard InChI is InChI=1S/C8H11BrF4/c1-2-3-4-5-6-7(10,11)8(9,12)13/h5-6H,2-4H2,1H3/b6-5+. The van der Waals surface area contributed by atoms with Gasteiger partial charge >= 0.3 is 10.8 Å². The zero-order chi connectivity index (χ0) is 10.5. The molecule has 0 amide bonds. The van der Waals surface area contributed by atoms with Crippen LogP contribution in [0.5, 0.6) is 0 Å². The first-order valence-electron chi connectivity index (χ1n) is 3.93. The van der Waals surface area contributed by atoms with Crippen molar-refractivity contribution < 1.29 is 17.6 Å². The smallest absolute Gasteiger partial charge is 0.194 e. The van der Waals surface area contributed by atoms with Crippen molar-refractivity contribution in [3.63, 3.8) is 0 Å². The number of allylic oxidation sites excluding steroid dienone is 2. The molecule has 0 fully saturated rings. The fourth-order valence-corrected chi connectivity index (χ4v) is 0.780. The van der Waals surface area contributed by atoms with Gasteiger partial charge in [0.25, 0.3) is 0 Å². The minimum Gasteiger partial charge on any atom is -0.194 e. The second-order valence-corrected chi connectivity index (χ2v) is 3.66. The van der Waals surface area contributed by atoms with Crippen LogP contribution in [0, 0.1) is 0 Å².